The number of methoxy groups -OCH3 is 2. The van der Waals surface area contributed by atoms with Gasteiger partial charge >= 0.3 is 0 Å². The van der Waals surface area contributed by atoms with Gasteiger partial charge in [0, 0.05) is 82.4 Å². The fourth-order valence-corrected chi connectivity index (χ4v) is 6.96. The molecule has 2 aromatic heterocycles. The van der Waals surface area contributed by atoms with Gasteiger partial charge in [-0.3, -0.25) is 23.4 Å². The van der Waals surface area contributed by atoms with E-state index in [4.69, 9.17) is 26.7 Å². The van der Waals surface area contributed by atoms with Crippen LogP contribution in [0.3, 0.4) is 0 Å². The third-order valence-electron chi connectivity index (χ3n) is 9.97. The van der Waals surface area contributed by atoms with E-state index in [2.05, 4.69) is 25.3 Å². The number of hydrogen-bond donors (Lipinski definition) is 4. The smallest absolute Gasteiger partial charge is 0.224 e. The maximum Gasteiger partial charge on any atom is 0.224 e. The van der Waals surface area contributed by atoms with Gasteiger partial charge < -0.3 is 41.8 Å². The summed E-state index contributed by atoms with van der Waals surface area (Å²) in [5.74, 6) is -13.2. The lowest BCUT2D eigenvalue weighted by atomic mass is 10.0. The molecule has 64 heavy (non-hydrogen) atoms. The number of amides is 2. The maximum atomic E-state index is 14.2. The number of ketones is 2. The van der Waals surface area contributed by atoms with Crippen LogP contribution in [0.1, 0.15) is 78.3 Å². The molecule has 2 amide bonds. The number of anilines is 3. The van der Waals surface area contributed by atoms with Gasteiger partial charge in [-0.25, -0.2) is 41.3 Å². The number of nitrogens with two attached hydrogens (primary N) is 3. The van der Waals surface area contributed by atoms with Gasteiger partial charge in [-0.2, -0.15) is 4.98 Å². The van der Waals surface area contributed by atoms with Gasteiger partial charge in [-0.15, -0.1) is 0 Å². The molecule has 0 aliphatic carbocycles. The third-order valence-corrected chi connectivity index (χ3v) is 11.1. The number of nitrogens with zero attached hydrogens (tertiary/aromatic N) is 6. The monoisotopic (exact) mass is 924 g/mol. The molecule has 346 valence electrons. The first-order valence-corrected chi connectivity index (χ1v) is 20.7. The van der Waals surface area contributed by atoms with Gasteiger partial charge in [0.1, 0.15) is 34.3 Å². The Kier molecular flexibility index (Phi) is 17.5. The minimum atomic E-state index is -1.82. The summed E-state index contributed by atoms with van der Waals surface area (Å²) in [7, 11) is 0.651. The van der Waals surface area contributed by atoms with Crippen molar-refractivity contribution in [3.8, 4) is 11.5 Å². The summed E-state index contributed by atoms with van der Waals surface area (Å²) >= 11 is 0. The lowest BCUT2D eigenvalue weighted by Gasteiger charge is -2.31. The highest BCUT2D eigenvalue weighted by atomic mass is 32.2. The third kappa shape index (κ3) is 12.0. The molecule has 0 radical (unpaired) electrons. The van der Waals surface area contributed by atoms with Crippen LogP contribution in [0, 0.1) is 34.9 Å². The van der Waals surface area contributed by atoms with Gasteiger partial charge in [0.2, 0.25) is 34.5 Å². The SMILES string of the molecule is CC(=O)N1CCC(N)CC1.CCS(=O)c1ncc(C(=O)c2c(OC)cc(F)c(F)c2F)c(N)n1.COc1cc(F)c(F)c(F)c1C(=O)c1cnc(NC2CCN(C(C)=O)CC2)nc1N. The van der Waals surface area contributed by atoms with Crippen molar-refractivity contribution in [3.05, 3.63) is 81.7 Å². The molecule has 6 rings (SSSR count). The number of ether oxygens (including phenoxy) is 2. The van der Waals surface area contributed by atoms with Crippen LogP contribution in [-0.4, -0.2) is 116 Å². The standard InChI is InChI=1S/C19H20F3N5O3.C14H12F3N3O3S.C7H14N2O/c1-9(28)27-5-3-10(4-6-27)25-19-24-8-11(18(23)26-19)17(29)14-13(30-2)7-12(20)15(21)16(14)22;1-3-24(22)14-19-5-6(13(18)20-14)12(21)9-8(23-2)4-7(15)10(16)11(9)17;1-6(10)9-4-2-7(8)3-5-9/h7-8,10H,3-6H2,1-2H3,(H3,23,24,25,26);4-5H,3H2,1-2H3,(H2,18,19,20);7H,2-5,8H2,1H3. The summed E-state index contributed by atoms with van der Waals surface area (Å²) in [5.41, 5.74) is 14.9. The van der Waals surface area contributed by atoms with Crippen LogP contribution in [0.25, 0.3) is 0 Å². The van der Waals surface area contributed by atoms with E-state index in [-0.39, 0.29) is 57.5 Å². The Morgan fingerprint density at radius 2 is 1.14 bits per heavy atom. The molecular formula is C40H46F6N10O7S. The van der Waals surface area contributed by atoms with Crippen molar-refractivity contribution < 1.29 is 59.2 Å². The zero-order valence-corrected chi connectivity index (χ0v) is 36.1. The molecular weight excluding hydrogens is 879 g/mol. The summed E-state index contributed by atoms with van der Waals surface area (Å²) in [6.07, 6.45) is 5.31. The minimum absolute atomic E-state index is 0.00489. The van der Waals surface area contributed by atoms with Crippen LogP contribution >= 0.6 is 0 Å². The number of nitrogens with one attached hydrogen (secondary N) is 1. The van der Waals surface area contributed by atoms with Crippen molar-refractivity contribution in [2.24, 2.45) is 5.73 Å². The second kappa shape index (κ2) is 22.3. The Bertz CT molecular complexity index is 2420. The van der Waals surface area contributed by atoms with Crippen LogP contribution in [0.15, 0.2) is 29.7 Å². The van der Waals surface area contributed by atoms with Crippen molar-refractivity contribution in [2.75, 3.05) is 62.9 Å². The molecule has 17 nitrogen and oxygen atoms in total. The quantitative estimate of drug-likeness (QED) is 0.0761. The van der Waals surface area contributed by atoms with Gasteiger partial charge in [-0.05, 0) is 25.7 Å². The Balaban J connectivity index is 0.000000235. The van der Waals surface area contributed by atoms with Gasteiger partial charge in [0.25, 0.3) is 0 Å². The molecule has 2 fully saturated rings. The predicted molar refractivity (Wildman–Crippen MR) is 221 cm³/mol. The number of aromatic nitrogens is 4. The number of nitrogen functional groups attached to an aromatic ring is 2. The summed E-state index contributed by atoms with van der Waals surface area (Å²) in [4.78, 5) is 66.4. The van der Waals surface area contributed by atoms with Gasteiger partial charge in [0.05, 0.1) is 36.1 Å². The largest absolute Gasteiger partial charge is 0.496 e. The summed E-state index contributed by atoms with van der Waals surface area (Å²) in [6, 6.07) is 1.44. The fraction of sp³-hybridized carbons (Fsp3) is 0.400. The van der Waals surface area contributed by atoms with Crippen molar-refractivity contribution in [1.82, 2.24) is 29.7 Å². The topological polar surface area (TPSA) is 252 Å². The van der Waals surface area contributed by atoms with Crippen LogP contribution in [-0.2, 0) is 20.4 Å². The first-order valence-electron chi connectivity index (χ1n) is 19.4. The molecule has 0 saturated carbocycles. The molecule has 4 heterocycles. The predicted octanol–water partition coefficient (Wildman–Crippen LogP) is 3.94. The molecule has 1 atom stereocenters. The lowest BCUT2D eigenvalue weighted by molar-refractivity contribution is -0.130. The second-order valence-electron chi connectivity index (χ2n) is 14.1. The molecule has 0 bridgehead atoms. The molecule has 24 heteroatoms. The van der Waals surface area contributed by atoms with Crippen LogP contribution in [0.4, 0.5) is 43.9 Å². The number of likely N-dealkylation sites (tertiary alicyclic amines) is 2. The van der Waals surface area contributed by atoms with Gasteiger partial charge in [-0.1, -0.05) is 6.92 Å². The average Bonchev–Trinajstić information content (AvgIpc) is 3.27. The average molecular weight is 925 g/mol. The summed E-state index contributed by atoms with van der Waals surface area (Å²) < 4.78 is 103. The number of benzene rings is 2. The number of carbonyl (C=O) groups excluding carboxylic acids is 4. The van der Waals surface area contributed by atoms with Crippen LogP contribution in [0.5, 0.6) is 11.5 Å². The van der Waals surface area contributed by atoms with E-state index in [9.17, 15) is 49.7 Å². The second-order valence-corrected chi connectivity index (χ2v) is 15.8. The molecule has 4 aromatic rings. The molecule has 2 aliphatic rings. The molecule has 2 aliphatic heterocycles. The van der Waals surface area contributed by atoms with E-state index >= 15 is 0 Å². The molecule has 7 N–H and O–H groups in total. The van der Waals surface area contributed by atoms with E-state index in [1.54, 1.807) is 18.7 Å². The Hall–Kier alpha value is -6.43. The zero-order valence-electron chi connectivity index (χ0n) is 35.3. The molecule has 2 aromatic carbocycles. The Morgan fingerprint density at radius 3 is 1.53 bits per heavy atom. The van der Waals surface area contributed by atoms with Crippen molar-refractivity contribution in [3.63, 3.8) is 0 Å². The highest BCUT2D eigenvalue weighted by Crippen LogP contribution is 2.31. The molecule has 2 saturated heterocycles. The molecule has 0 spiro atoms. The normalized spacial score (nSPS) is 14.6. The van der Waals surface area contributed by atoms with Crippen molar-refractivity contribution in [2.45, 2.75) is 63.7 Å². The van der Waals surface area contributed by atoms with Crippen LogP contribution < -0.4 is 32.0 Å². The van der Waals surface area contributed by atoms with E-state index in [1.165, 1.54) is 6.92 Å². The fourth-order valence-electron chi connectivity index (χ4n) is 6.33. The lowest BCUT2D eigenvalue weighted by Crippen LogP contribution is -2.41. The number of hydrogen-bond acceptors (Lipinski definition) is 15. The zero-order chi connectivity index (χ0) is 47.6. The van der Waals surface area contributed by atoms with E-state index in [0.717, 1.165) is 52.5 Å². The number of halogens is 6. The summed E-state index contributed by atoms with van der Waals surface area (Å²) in [6.45, 7) is 7.63. The minimum Gasteiger partial charge on any atom is -0.496 e. The number of carbonyl (C=O) groups is 4. The number of piperidine rings is 2. The highest BCUT2D eigenvalue weighted by Gasteiger charge is 2.30. The van der Waals surface area contributed by atoms with E-state index < -0.39 is 79.9 Å². The van der Waals surface area contributed by atoms with E-state index in [1.807, 2.05) is 4.90 Å². The number of rotatable bonds is 10. The van der Waals surface area contributed by atoms with Crippen molar-refractivity contribution in [1.29, 1.82) is 0 Å². The van der Waals surface area contributed by atoms with E-state index in [0.29, 0.717) is 44.1 Å². The Morgan fingerprint density at radius 1 is 0.719 bits per heavy atom. The van der Waals surface area contributed by atoms with Crippen LogP contribution in [0.2, 0.25) is 0 Å². The first kappa shape index (κ1) is 50.2. The maximum absolute atomic E-state index is 14.2. The van der Waals surface area contributed by atoms with Gasteiger partial charge in [0.15, 0.2) is 34.9 Å². The Labute approximate surface area is 365 Å². The molecule has 1 unspecified atom stereocenters. The highest BCUT2D eigenvalue weighted by molar-refractivity contribution is 7.84. The first-order chi connectivity index (χ1) is 30.2. The summed E-state index contributed by atoms with van der Waals surface area (Å²) in [5, 5.41) is 2.98. The van der Waals surface area contributed by atoms with Crippen molar-refractivity contribution >= 4 is 51.8 Å².